The van der Waals surface area contributed by atoms with Crippen LogP contribution in [0.4, 0.5) is 0 Å². The van der Waals surface area contributed by atoms with E-state index in [4.69, 9.17) is 14.0 Å². The summed E-state index contributed by atoms with van der Waals surface area (Å²) in [4.78, 5) is 18.9. The van der Waals surface area contributed by atoms with Gasteiger partial charge in [0.1, 0.15) is 0 Å². The summed E-state index contributed by atoms with van der Waals surface area (Å²) >= 11 is 1.59. The van der Waals surface area contributed by atoms with Gasteiger partial charge in [0.05, 0.1) is 5.56 Å². The lowest BCUT2D eigenvalue weighted by molar-refractivity contribution is -0.124. The molecule has 1 fully saturated rings. The van der Waals surface area contributed by atoms with Gasteiger partial charge in [0.15, 0.2) is 17.3 Å². The predicted octanol–water partition coefficient (Wildman–Crippen LogP) is 3.56. The third-order valence-corrected chi connectivity index (χ3v) is 5.57. The zero-order chi connectivity index (χ0) is 18.9. The molecule has 0 bridgehead atoms. The van der Waals surface area contributed by atoms with Gasteiger partial charge in [0.25, 0.3) is 5.89 Å². The first-order valence-electron chi connectivity index (χ1n) is 8.99. The quantitative estimate of drug-likeness (QED) is 0.629. The molecule has 3 aromatic rings. The van der Waals surface area contributed by atoms with E-state index in [1.54, 1.807) is 23.5 Å². The Labute approximate surface area is 165 Å². The van der Waals surface area contributed by atoms with E-state index >= 15 is 0 Å². The lowest BCUT2D eigenvalue weighted by atomic mass is 10.1. The number of fused-ring (bicyclic) bond motifs is 1. The second kappa shape index (κ2) is 7.12. The molecule has 0 radical (unpaired) electrons. The summed E-state index contributed by atoms with van der Waals surface area (Å²) in [5.74, 6) is 2.70. The van der Waals surface area contributed by atoms with E-state index in [0.29, 0.717) is 30.6 Å². The van der Waals surface area contributed by atoms with Crippen LogP contribution in [-0.2, 0) is 4.79 Å². The monoisotopic (exact) mass is 395 g/mol. The van der Waals surface area contributed by atoms with E-state index in [9.17, 15) is 4.79 Å². The number of ether oxygens (including phenoxy) is 2. The van der Waals surface area contributed by atoms with Crippen molar-refractivity contribution in [3.63, 3.8) is 0 Å². The molecule has 2 aliphatic heterocycles. The molecular formula is C20H17N3O4S. The molecule has 0 aliphatic carbocycles. The molecule has 0 spiro atoms. The molecule has 0 N–H and O–H groups in total. The molecule has 142 valence electrons. The van der Waals surface area contributed by atoms with Crippen molar-refractivity contribution in [2.45, 2.75) is 12.3 Å². The molecule has 1 aromatic carbocycles. The highest BCUT2D eigenvalue weighted by Crippen LogP contribution is 2.33. The summed E-state index contributed by atoms with van der Waals surface area (Å²) in [6.07, 6.45) is 4.21. The lowest BCUT2D eigenvalue weighted by Crippen LogP contribution is -2.26. The molecule has 8 heteroatoms. The number of aromatic nitrogens is 2. The number of carbonyl (C=O) groups is 1. The molecule has 4 heterocycles. The minimum Gasteiger partial charge on any atom is -0.454 e. The van der Waals surface area contributed by atoms with Gasteiger partial charge < -0.3 is 18.9 Å². The number of nitrogens with zero attached hydrogens (tertiary/aromatic N) is 3. The minimum absolute atomic E-state index is 0.0262. The molecule has 0 saturated carbocycles. The van der Waals surface area contributed by atoms with Crippen LogP contribution in [0, 0.1) is 0 Å². The van der Waals surface area contributed by atoms with E-state index in [-0.39, 0.29) is 18.6 Å². The number of hydrogen-bond donors (Lipinski definition) is 0. The Morgan fingerprint density at radius 1 is 1.25 bits per heavy atom. The number of thiophene rings is 1. The maximum Gasteiger partial charge on any atom is 0.258 e. The molecule has 2 aromatic heterocycles. The molecule has 1 amide bonds. The van der Waals surface area contributed by atoms with Gasteiger partial charge in [-0.25, -0.2) is 0 Å². The Morgan fingerprint density at radius 3 is 3.07 bits per heavy atom. The molecule has 2 aliphatic rings. The van der Waals surface area contributed by atoms with Gasteiger partial charge in [-0.05, 0) is 41.6 Å². The summed E-state index contributed by atoms with van der Waals surface area (Å²) < 4.78 is 16.0. The van der Waals surface area contributed by atoms with Crippen LogP contribution in [0.15, 0.2) is 45.6 Å². The van der Waals surface area contributed by atoms with Crippen molar-refractivity contribution in [2.24, 2.45) is 0 Å². The summed E-state index contributed by atoms with van der Waals surface area (Å²) in [5.41, 5.74) is 1.83. The van der Waals surface area contributed by atoms with Crippen LogP contribution in [0.3, 0.4) is 0 Å². The van der Waals surface area contributed by atoms with Crippen molar-refractivity contribution in [2.75, 3.05) is 19.9 Å². The van der Waals surface area contributed by atoms with Crippen LogP contribution in [0.2, 0.25) is 0 Å². The number of likely N-dealkylation sites (tertiary alicyclic amines) is 1. The summed E-state index contributed by atoms with van der Waals surface area (Å²) in [6, 6.07) is 7.56. The zero-order valence-electron chi connectivity index (χ0n) is 14.9. The fourth-order valence-corrected chi connectivity index (χ4v) is 3.99. The van der Waals surface area contributed by atoms with Gasteiger partial charge in [-0.2, -0.15) is 16.3 Å². The Morgan fingerprint density at radius 2 is 2.18 bits per heavy atom. The minimum atomic E-state index is -0.0262. The number of rotatable bonds is 4. The normalized spacial score (nSPS) is 18.3. The first-order chi connectivity index (χ1) is 13.8. The molecule has 1 saturated heterocycles. The SMILES string of the molecule is O=C(C=Cc1ccc2c(c1)OCO2)N1CCC(c2noc(-c3ccsc3)n2)C1. The van der Waals surface area contributed by atoms with Gasteiger partial charge in [-0.1, -0.05) is 11.2 Å². The van der Waals surface area contributed by atoms with E-state index < -0.39 is 0 Å². The van der Waals surface area contributed by atoms with Crippen molar-refractivity contribution in [1.82, 2.24) is 15.0 Å². The third kappa shape index (κ3) is 3.27. The van der Waals surface area contributed by atoms with Crippen molar-refractivity contribution >= 4 is 23.3 Å². The van der Waals surface area contributed by atoms with E-state index in [1.165, 1.54) is 0 Å². The fraction of sp³-hybridized carbons (Fsp3) is 0.250. The van der Waals surface area contributed by atoms with Gasteiger partial charge in [0, 0.05) is 30.5 Å². The first kappa shape index (κ1) is 17.0. The Kier molecular flexibility index (Phi) is 4.32. The average Bonchev–Trinajstić information content (AvgIpc) is 3.50. The van der Waals surface area contributed by atoms with Crippen molar-refractivity contribution in [1.29, 1.82) is 0 Å². The highest BCUT2D eigenvalue weighted by molar-refractivity contribution is 7.08. The summed E-state index contributed by atoms with van der Waals surface area (Å²) in [6.45, 7) is 1.50. The molecule has 28 heavy (non-hydrogen) atoms. The van der Waals surface area contributed by atoms with Gasteiger partial charge >= 0.3 is 0 Å². The largest absolute Gasteiger partial charge is 0.454 e. The van der Waals surface area contributed by atoms with Gasteiger partial charge in [0.2, 0.25) is 12.7 Å². The smallest absolute Gasteiger partial charge is 0.258 e. The first-order valence-corrected chi connectivity index (χ1v) is 9.93. The van der Waals surface area contributed by atoms with E-state index in [2.05, 4.69) is 10.1 Å². The molecule has 5 rings (SSSR count). The predicted molar refractivity (Wildman–Crippen MR) is 103 cm³/mol. The highest BCUT2D eigenvalue weighted by Gasteiger charge is 2.30. The summed E-state index contributed by atoms with van der Waals surface area (Å²) in [5, 5.41) is 8.06. The fourth-order valence-electron chi connectivity index (χ4n) is 3.37. The number of carbonyl (C=O) groups excluding carboxylic acids is 1. The Hall–Kier alpha value is -3.13. The van der Waals surface area contributed by atoms with Crippen LogP contribution in [0.1, 0.15) is 23.7 Å². The molecular weight excluding hydrogens is 378 g/mol. The third-order valence-electron chi connectivity index (χ3n) is 4.89. The molecule has 1 unspecified atom stereocenters. The Balaban J connectivity index is 1.23. The second-order valence-electron chi connectivity index (χ2n) is 6.69. The van der Waals surface area contributed by atoms with E-state index in [1.807, 2.05) is 39.9 Å². The second-order valence-corrected chi connectivity index (χ2v) is 7.47. The number of amides is 1. The van der Waals surface area contributed by atoms with Crippen LogP contribution in [0.5, 0.6) is 11.5 Å². The van der Waals surface area contributed by atoms with Gasteiger partial charge in [-0.15, -0.1) is 0 Å². The van der Waals surface area contributed by atoms with Crippen LogP contribution in [-0.4, -0.2) is 40.8 Å². The topological polar surface area (TPSA) is 77.7 Å². The van der Waals surface area contributed by atoms with E-state index in [0.717, 1.165) is 23.3 Å². The van der Waals surface area contributed by atoms with Crippen LogP contribution >= 0.6 is 11.3 Å². The molecule has 7 nitrogen and oxygen atoms in total. The maximum atomic E-state index is 12.5. The highest BCUT2D eigenvalue weighted by atomic mass is 32.1. The van der Waals surface area contributed by atoms with Gasteiger partial charge in [-0.3, -0.25) is 4.79 Å². The Bertz CT molecular complexity index is 1030. The standard InChI is InChI=1S/C20H17N3O4S/c24-18(4-2-13-1-3-16-17(9-13)26-12-25-16)23-7-5-14(10-23)19-21-20(27-22-19)15-6-8-28-11-15/h1-4,6,8-9,11,14H,5,7,10,12H2. The lowest BCUT2D eigenvalue weighted by Gasteiger charge is -2.13. The van der Waals surface area contributed by atoms with Crippen molar-refractivity contribution in [3.8, 4) is 23.0 Å². The average molecular weight is 395 g/mol. The van der Waals surface area contributed by atoms with Crippen molar-refractivity contribution < 1.29 is 18.8 Å². The van der Waals surface area contributed by atoms with Crippen molar-refractivity contribution in [3.05, 3.63) is 52.5 Å². The summed E-state index contributed by atoms with van der Waals surface area (Å²) in [7, 11) is 0. The maximum absolute atomic E-state index is 12.5. The molecule has 1 atom stereocenters. The van der Waals surface area contributed by atoms with Crippen LogP contribution < -0.4 is 9.47 Å². The zero-order valence-corrected chi connectivity index (χ0v) is 15.7. The number of hydrogen-bond acceptors (Lipinski definition) is 7. The number of benzene rings is 1. The van der Waals surface area contributed by atoms with Crippen LogP contribution in [0.25, 0.3) is 17.5 Å².